The van der Waals surface area contributed by atoms with Gasteiger partial charge in [-0.25, -0.2) is 8.42 Å². The van der Waals surface area contributed by atoms with E-state index in [4.69, 9.17) is 16.3 Å². The number of hydrogen-bond donors (Lipinski definition) is 0. The molecule has 1 amide bonds. The van der Waals surface area contributed by atoms with Crippen molar-refractivity contribution in [1.29, 1.82) is 0 Å². The number of halogens is 1. The van der Waals surface area contributed by atoms with E-state index in [0.29, 0.717) is 36.0 Å². The minimum atomic E-state index is -3.21. The third kappa shape index (κ3) is 6.47. The van der Waals surface area contributed by atoms with Crippen molar-refractivity contribution < 1.29 is 17.9 Å². The van der Waals surface area contributed by atoms with Gasteiger partial charge >= 0.3 is 0 Å². The zero-order valence-electron chi connectivity index (χ0n) is 19.1. The first kappa shape index (κ1) is 24.5. The molecule has 0 atom stereocenters. The van der Waals surface area contributed by atoms with Crippen molar-refractivity contribution in [3.8, 4) is 11.1 Å². The van der Waals surface area contributed by atoms with Crippen LogP contribution in [0.2, 0.25) is 5.02 Å². The summed E-state index contributed by atoms with van der Waals surface area (Å²) in [5.74, 6) is 0.135. The second kappa shape index (κ2) is 10.7. The molecular formula is C27H28ClNO4S. The number of likely N-dealkylation sites (tertiary alicyclic amines) is 1. The summed E-state index contributed by atoms with van der Waals surface area (Å²) in [6.07, 6.45) is 3.36. The number of carbonyl (C=O) groups is 1. The maximum Gasteiger partial charge on any atom is 0.226 e. The van der Waals surface area contributed by atoms with E-state index in [1.165, 1.54) is 6.26 Å². The molecule has 7 heteroatoms. The monoisotopic (exact) mass is 497 g/mol. The van der Waals surface area contributed by atoms with Crippen molar-refractivity contribution in [2.24, 2.45) is 0 Å². The summed E-state index contributed by atoms with van der Waals surface area (Å²) in [6, 6.07) is 22.4. The van der Waals surface area contributed by atoms with Gasteiger partial charge in [-0.3, -0.25) is 4.79 Å². The number of ether oxygens (including phenoxy) is 1. The Labute approximate surface area is 206 Å². The lowest BCUT2D eigenvalue weighted by Gasteiger charge is -2.32. The first-order chi connectivity index (χ1) is 16.3. The Balaban J connectivity index is 1.28. The minimum absolute atomic E-state index is 0.122. The Kier molecular flexibility index (Phi) is 7.71. The van der Waals surface area contributed by atoms with Crippen molar-refractivity contribution in [2.45, 2.75) is 36.9 Å². The largest absolute Gasteiger partial charge is 0.373 e. The lowest BCUT2D eigenvalue weighted by atomic mass is 10.0. The third-order valence-electron chi connectivity index (χ3n) is 6.09. The molecule has 1 aliphatic heterocycles. The molecule has 0 bridgehead atoms. The van der Waals surface area contributed by atoms with Gasteiger partial charge in [-0.1, -0.05) is 54.1 Å². The highest BCUT2D eigenvalue weighted by Crippen LogP contribution is 2.24. The Morgan fingerprint density at radius 3 is 2.26 bits per heavy atom. The van der Waals surface area contributed by atoms with Crippen LogP contribution in [0.3, 0.4) is 0 Å². The fourth-order valence-corrected chi connectivity index (χ4v) is 4.87. The Hall–Kier alpha value is -2.67. The Bertz CT molecular complexity index is 1230. The van der Waals surface area contributed by atoms with Crippen molar-refractivity contribution in [1.82, 2.24) is 4.90 Å². The molecule has 1 heterocycles. The van der Waals surface area contributed by atoms with E-state index in [9.17, 15) is 13.2 Å². The average Bonchev–Trinajstić information content (AvgIpc) is 2.84. The summed E-state index contributed by atoms with van der Waals surface area (Å²) in [5, 5.41) is 0.671. The number of piperidine rings is 1. The van der Waals surface area contributed by atoms with Crippen LogP contribution in [-0.2, 0) is 32.4 Å². The SMILES string of the molecule is CS(=O)(=O)c1ccc(-c2cccc(COC3CCN(C(=O)Cc4ccc(Cl)cc4)CC3)c2)cc1. The van der Waals surface area contributed by atoms with Crippen LogP contribution in [0.4, 0.5) is 0 Å². The molecular weight excluding hydrogens is 470 g/mol. The summed E-state index contributed by atoms with van der Waals surface area (Å²) in [6.45, 7) is 1.90. The third-order valence-corrected chi connectivity index (χ3v) is 7.47. The van der Waals surface area contributed by atoms with E-state index < -0.39 is 9.84 Å². The van der Waals surface area contributed by atoms with Gasteiger partial charge in [0, 0.05) is 24.4 Å². The summed E-state index contributed by atoms with van der Waals surface area (Å²) in [4.78, 5) is 14.8. The Morgan fingerprint density at radius 2 is 1.62 bits per heavy atom. The van der Waals surface area contributed by atoms with Gasteiger partial charge in [0.15, 0.2) is 9.84 Å². The van der Waals surface area contributed by atoms with Crippen LogP contribution in [0.1, 0.15) is 24.0 Å². The topological polar surface area (TPSA) is 63.7 Å². The molecule has 3 aromatic carbocycles. The highest BCUT2D eigenvalue weighted by molar-refractivity contribution is 7.90. The van der Waals surface area contributed by atoms with Gasteiger partial charge in [0.05, 0.1) is 24.0 Å². The van der Waals surface area contributed by atoms with E-state index in [-0.39, 0.29) is 12.0 Å². The predicted octanol–water partition coefficient (Wildman–Crippen LogP) is 5.16. The maximum atomic E-state index is 12.6. The summed E-state index contributed by atoms with van der Waals surface area (Å²) >= 11 is 5.92. The Morgan fingerprint density at radius 1 is 0.941 bits per heavy atom. The lowest BCUT2D eigenvalue weighted by molar-refractivity contribution is -0.133. The molecule has 178 valence electrons. The van der Waals surface area contributed by atoms with Crippen LogP contribution >= 0.6 is 11.6 Å². The molecule has 3 aromatic rings. The molecule has 0 unspecified atom stereocenters. The van der Waals surface area contributed by atoms with E-state index in [1.807, 2.05) is 59.5 Å². The number of nitrogens with zero attached hydrogens (tertiary/aromatic N) is 1. The smallest absolute Gasteiger partial charge is 0.226 e. The van der Waals surface area contributed by atoms with Crippen LogP contribution in [0.15, 0.2) is 77.7 Å². The summed E-state index contributed by atoms with van der Waals surface area (Å²) in [7, 11) is -3.21. The molecule has 4 rings (SSSR count). The zero-order chi connectivity index (χ0) is 24.1. The standard InChI is InChI=1S/C27H28ClNO4S/c1-34(31,32)26-11-7-22(8-12-26)23-4-2-3-21(17-23)19-33-25-13-15-29(16-14-25)27(30)18-20-5-9-24(28)10-6-20/h2-12,17,25H,13-16,18-19H2,1H3. The van der Waals surface area contributed by atoms with Crippen LogP contribution < -0.4 is 0 Å². The molecule has 1 fully saturated rings. The number of amides is 1. The van der Waals surface area contributed by atoms with E-state index in [0.717, 1.165) is 35.1 Å². The molecule has 0 saturated carbocycles. The predicted molar refractivity (Wildman–Crippen MR) is 135 cm³/mol. The van der Waals surface area contributed by atoms with Gasteiger partial charge in [-0.2, -0.15) is 0 Å². The van der Waals surface area contributed by atoms with Gasteiger partial charge < -0.3 is 9.64 Å². The van der Waals surface area contributed by atoms with Crippen LogP contribution in [0.5, 0.6) is 0 Å². The van der Waals surface area contributed by atoms with E-state index >= 15 is 0 Å². The molecule has 0 aromatic heterocycles. The highest BCUT2D eigenvalue weighted by atomic mass is 35.5. The van der Waals surface area contributed by atoms with Crippen molar-refractivity contribution >= 4 is 27.3 Å². The van der Waals surface area contributed by atoms with Crippen molar-refractivity contribution in [3.63, 3.8) is 0 Å². The molecule has 34 heavy (non-hydrogen) atoms. The molecule has 0 N–H and O–H groups in total. The number of benzene rings is 3. The fourth-order valence-electron chi connectivity index (χ4n) is 4.11. The molecule has 1 aliphatic rings. The quantitative estimate of drug-likeness (QED) is 0.452. The number of carbonyl (C=O) groups excluding carboxylic acids is 1. The molecule has 5 nitrogen and oxygen atoms in total. The number of sulfone groups is 1. The number of rotatable bonds is 7. The minimum Gasteiger partial charge on any atom is -0.373 e. The summed E-state index contributed by atoms with van der Waals surface area (Å²) in [5.41, 5.74) is 4.01. The number of hydrogen-bond acceptors (Lipinski definition) is 4. The first-order valence-corrected chi connectivity index (χ1v) is 13.6. The molecule has 0 spiro atoms. The molecule has 0 aliphatic carbocycles. The highest BCUT2D eigenvalue weighted by Gasteiger charge is 2.23. The first-order valence-electron chi connectivity index (χ1n) is 11.3. The van der Waals surface area contributed by atoms with Gasteiger partial charge in [0.25, 0.3) is 0 Å². The second-order valence-corrected chi connectivity index (χ2v) is 11.1. The van der Waals surface area contributed by atoms with Crippen molar-refractivity contribution in [2.75, 3.05) is 19.3 Å². The summed E-state index contributed by atoms with van der Waals surface area (Å²) < 4.78 is 29.5. The van der Waals surface area contributed by atoms with Gasteiger partial charge in [-0.05, 0) is 65.4 Å². The van der Waals surface area contributed by atoms with E-state index in [1.54, 1.807) is 12.1 Å². The molecule has 1 saturated heterocycles. The van der Waals surface area contributed by atoms with Gasteiger partial charge in [-0.15, -0.1) is 0 Å². The van der Waals surface area contributed by atoms with Crippen LogP contribution in [0.25, 0.3) is 11.1 Å². The normalized spacial score (nSPS) is 14.8. The second-order valence-electron chi connectivity index (χ2n) is 8.69. The van der Waals surface area contributed by atoms with Crippen molar-refractivity contribution in [3.05, 3.63) is 88.9 Å². The maximum absolute atomic E-state index is 12.6. The van der Waals surface area contributed by atoms with Gasteiger partial charge in [0.2, 0.25) is 5.91 Å². The van der Waals surface area contributed by atoms with Crippen LogP contribution in [-0.4, -0.2) is 44.7 Å². The van der Waals surface area contributed by atoms with Crippen LogP contribution in [0, 0.1) is 0 Å². The van der Waals surface area contributed by atoms with E-state index in [2.05, 4.69) is 6.07 Å². The lowest BCUT2D eigenvalue weighted by Crippen LogP contribution is -2.41. The van der Waals surface area contributed by atoms with Gasteiger partial charge in [0.1, 0.15) is 0 Å². The fraction of sp³-hybridized carbons (Fsp3) is 0.296. The zero-order valence-corrected chi connectivity index (χ0v) is 20.7. The molecule has 0 radical (unpaired) electrons. The average molecular weight is 498 g/mol.